The van der Waals surface area contributed by atoms with Crippen molar-refractivity contribution in [2.24, 2.45) is 5.92 Å². The van der Waals surface area contributed by atoms with Crippen LogP contribution in [-0.2, 0) is 6.54 Å². The van der Waals surface area contributed by atoms with Crippen LogP contribution in [0.1, 0.15) is 26.3 Å². The molecule has 0 saturated heterocycles. The lowest BCUT2D eigenvalue weighted by molar-refractivity contribution is 0.271. The molecule has 1 N–H and O–H groups in total. The first kappa shape index (κ1) is 15.5. The van der Waals surface area contributed by atoms with E-state index in [9.17, 15) is 0 Å². The van der Waals surface area contributed by atoms with E-state index in [0.29, 0.717) is 12.0 Å². The van der Waals surface area contributed by atoms with Crippen LogP contribution >= 0.6 is 11.6 Å². The van der Waals surface area contributed by atoms with Crippen LogP contribution in [0.25, 0.3) is 0 Å². The van der Waals surface area contributed by atoms with Gasteiger partial charge in [-0.05, 0) is 37.2 Å². The molecule has 0 fully saturated rings. The summed E-state index contributed by atoms with van der Waals surface area (Å²) >= 11 is 5.88. The van der Waals surface area contributed by atoms with Crippen molar-refractivity contribution in [2.45, 2.75) is 33.4 Å². The van der Waals surface area contributed by atoms with Crippen molar-refractivity contribution in [1.82, 2.24) is 10.2 Å². The largest absolute Gasteiger partial charge is 0.314 e. The smallest absolute Gasteiger partial charge is 0.0406 e. The van der Waals surface area contributed by atoms with Gasteiger partial charge in [-0.1, -0.05) is 44.5 Å². The first-order chi connectivity index (χ1) is 8.47. The number of hydrogen-bond donors (Lipinski definition) is 1. The molecule has 18 heavy (non-hydrogen) atoms. The number of benzene rings is 1. The van der Waals surface area contributed by atoms with Gasteiger partial charge in [0.15, 0.2) is 0 Å². The molecule has 0 aliphatic carbocycles. The lowest BCUT2D eigenvalue weighted by atomic mass is 10.1. The van der Waals surface area contributed by atoms with Gasteiger partial charge in [-0.3, -0.25) is 0 Å². The van der Waals surface area contributed by atoms with Gasteiger partial charge in [-0.15, -0.1) is 0 Å². The van der Waals surface area contributed by atoms with Gasteiger partial charge in [-0.25, -0.2) is 0 Å². The fraction of sp³-hybridized carbons (Fsp3) is 0.600. The van der Waals surface area contributed by atoms with Crippen LogP contribution in [-0.4, -0.2) is 31.1 Å². The molecule has 0 aromatic heterocycles. The lowest BCUT2D eigenvalue weighted by Crippen LogP contribution is -2.33. The molecule has 1 rings (SSSR count). The molecule has 0 saturated carbocycles. The van der Waals surface area contributed by atoms with Crippen molar-refractivity contribution in [3.8, 4) is 0 Å². The van der Waals surface area contributed by atoms with Crippen molar-refractivity contribution < 1.29 is 0 Å². The zero-order valence-electron chi connectivity index (χ0n) is 11.9. The molecule has 0 bridgehead atoms. The average molecular weight is 269 g/mol. The maximum atomic E-state index is 5.88. The Hall–Kier alpha value is -0.570. The number of rotatable bonds is 7. The number of halogens is 1. The van der Waals surface area contributed by atoms with Crippen LogP contribution in [0.3, 0.4) is 0 Å². The Kier molecular flexibility index (Phi) is 6.69. The zero-order valence-corrected chi connectivity index (χ0v) is 12.7. The Balaban J connectivity index is 2.32. The summed E-state index contributed by atoms with van der Waals surface area (Å²) in [5.74, 6) is 0.657. The molecule has 1 atom stereocenters. The number of hydrogen-bond acceptors (Lipinski definition) is 2. The van der Waals surface area contributed by atoms with Gasteiger partial charge in [0.05, 0.1) is 0 Å². The highest BCUT2D eigenvalue weighted by Crippen LogP contribution is 2.11. The summed E-state index contributed by atoms with van der Waals surface area (Å²) in [6.07, 6.45) is 0. The monoisotopic (exact) mass is 268 g/mol. The fourth-order valence-electron chi connectivity index (χ4n) is 2.00. The zero-order chi connectivity index (χ0) is 13.5. The third-order valence-electron chi connectivity index (χ3n) is 2.86. The molecule has 0 amide bonds. The molecular formula is C15H25ClN2. The average Bonchev–Trinajstić information content (AvgIpc) is 2.29. The van der Waals surface area contributed by atoms with Crippen molar-refractivity contribution in [3.63, 3.8) is 0 Å². The predicted molar refractivity (Wildman–Crippen MR) is 80.1 cm³/mol. The van der Waals surface area contributed by atoms with E-state index in [0.717, 1.165) is 24.7 Å². The molecule has 102 valence electrons. The van der Waals surface area contributed by atoms with Gasteiger partial charge in [0.25, 0.3) is 0 Å². The van der Waals surface area contributed by atoms with E-state index < -0.39 is 0 Å². The summed E-state index contributed by atoms with van der Waals surface area (Å²) in [4.78, 5) is 2.36. The third kappa shape index (κ3) is 6.39. The predicted octanol–water partition coefficient (Wildman–Crippen LogP) is 3.41. The molecule has 0 spiro atoms. The van der Waals surface area contributed by atoms with Crippen LogP contribution in [0, 0.1) is 5.92 Å². The highest BCUT2D eigenvalue weighted by molar-refractivity contribution is 6.30. The van der Waals surface area contributed by atoms with E-state index in [-0.39, 0.29) is 0 Å². The van der Waals surface area contributed by atoms with Crippen LogP contribution in [0.2, 0.25) is 5.02 Å². The minimum atomic E-state index is 0.564. The summed E-state index contributed by atoms with van der Waals surface area (Å²) < 4.78 is 0. The molecule has 1 unspecified atom stereocenters. The van der Waals surface area contributed by atoms with Crippen LogP contribution < -0.4 is 5.32 Å². The van der Waals surface area contributed by atoms with Gasteiger partial charge < -0.3 is 10.2 Å². The standard InChI is InChI=1S/C15H25ClN2/c1-12(2)17-9-13(3)10-18(4)11-14-5-7-15(16)8-6-14/h5-8,12-13,17H,9-11H2,1-4H3. The molecule has 3 heteroatoms. The minimum Gasteiger partial charge on any atom is -0.314 e. The van der Waals surface area contributed by atoms with Crippen LogP contribution in [0.15, 0.2) is 24.3 Å². The second-order valence-electron chi connectivity index (χ2n) is 5.49. The number of nitrogens with zero attached hydrogens (tertiary/aromatic N) is 1. The van der Waals surface area contributed by atoms with Crippen LogP contribution in [0.5, 0.6) is 0 Å². The Morgan fingerprint density at radius 2 is 1.78 bits per heavy atom. The Morgan fingerprint density at radius 3 is 2.33 bits per heavy atom. The Bertz CT molecular complexity index is 335. The van der Waals surface area contributed by atoms with E-state index in [1.165, 1.54) is 5.56 Å². The fourth-order valence-corrected chi connectivity index (χ4v) is 2.13. The second-order valence-corrected chi connectivity index (χ2v) is 5.93. The maximum Gasteiger partial charge on any atom is 0.0406 e. The van der Waals surface area contributed by atoms with Gasteiger partial charge in [0.2, 0.25) is 0 Å². The highest BCUT2D eigenvalue weighted by atomic mass is 35.5. The Morgan fingerprint density at radius 1 is 1.17 bits per heavy atom. The summed E-state index contributed by atoms with van der Waals surface area (Å²) in [5, 5.41) is 4.28. The molecule has 0 aliphatic heterocycles. The van der Waals surface area contributed by atoms with Crippen molar-refractivity contribution >= 4 is 11.6 Å². The van der Waals surface area contributed by atoms with E-state index >= 15 is 0 Å². The van der Waals surface area contributed by atoms with Crippen LogP contribution in [0.4, 0.5) is 0 Å². The minimum absolute atomic E-state index is 0.564. The third-order valence-corrected chi connectivity index (χ3v) is 3.12. The topological polar surface area (TPSA) is 15.3 Å². The molecule has 0 radical (unpaired) electrons. The molecule has 1 aromatic rings. The second kappa shape index (κ2) is 7.78. The first-order valence-corrected chi connectivity index (χ1v) is 7.01. The van der Waals surface area contributed by atoms with Gasteiger partial charge in [-0.2, -0.15) is 0 Å². The van der Waals surface area contributed by atoms with Crippen molar-refractivity contribution in [3.05, 3.63) is 34.9 Å². The summed E-state index contributed by atoms with van der Waals surface area (Å²) in [6, 6.07) is 8.66. The quantitative estimate of drug-likeness (QED) is 0.815. The number of nitrogens with one attached hydrogen (secondary N) is 1. The molecule has 0 heterocycles. The summed E-state index contributed by atoms with van der Waals surface area (Å²) in [6.45, 7) is 9.80. The van der Waals surface area contributed by atoms with Crippen molar-refractivity contribution in [1.29, 1.82) is 0 Å². The molecule has 1 aromatic carbocycles. The molecule has 2 nitrogen and oxygen atoms in total. The first-order valence-electron chi connectivity index (χ1n) is 6.63. The molecular weight excluding hydrogens is 244 g/mol. The van der Waals surface area contributed by atoms with E-state index in [1.807, 2.05) is 12.1 Å². The van der Waals surface area contributed by atoms with Gasteiger partial charge in [0, 0.05) is 24.2 Å². The van der Waals surface area contributed by atoms with E-state index in [1.54, 1.807) is 0 Å². The SMILES string of the molecule is CC(CNC(C)C)CN(C)Cc1ccc(Cl)cc1. The molecule has 0 aliphatic rings. The van der Waals surface area contributed by atoms with Gasteiger partial charge >= 0.3 is 0 Å². The normalized spacial score (nSPS) is 13.3. The highest BCUT2D eigenvalue weighted by Gasteiger charge is 2.07. The van der Waals surface area contributed by atoms with Crippen molar-refractivity contribution in [2.75, 3.05) is 20.1 Å². The summed E-state index contributed by atoms with van der Waals surface area (Å²) in [7, 11) is 2.17. The lowest BCUT2D eigenvalue weighted by Gasteiger charge is -2.22. The summed E-state index contributed by atoms with van der Waals surface area (Å²) in [5.41, 5.74) is 1.31. The Labute approximate surface area is 116 Å². The maximum absolute atomic E-state index is 5.88. The van der Waals surface area contributed by atoms with E-state index in [2.05, 4.69) is 50.2 Å². The van der Waals surface area contributed by atoms with E-state index in [4.69, 9.17) is 11.6 Å². The van der Waals surface area contributed by atoms with Gasteiger partial charge in [0.1, 0.15) is 0 Å².